The van der Waals surface area contributed by atoms with Crippen molar-refractivity contribution in [1.82, 2.24) is 9.88 Å². The van der Waals surface area contributed by atoms with Crippen LogP contribution in [0.4, 0.5) is 5.82 Å². The Bertz CT molecular complexity index is 480. The van der Waals surface area contributed by atoms with Crippen LogP contribution in [0.3, 0.4) is 0 Å². The molecule has 1 aliphatic heterocycles. The summed E-state index contributed by atoms with van der Waals surface area (Å²) in [5.41, 5.74) is 1.18. The minimum atomic E-state index is -0.883. The SMILES string of the molecule is CCc1cc(C(=O)O)cc(N2CCC(N(C)C)CC2)n1. The highest BCUT2D eigenvalue weighted by atomic mass is 16.4. The molecule has 0 unspecified atom stereocenters. The van der Waals surface area contributed by atoms with Crippen LogP contribution in [-0.2, 0) is 6.42 Å². The van der Waals surface area contributed by atoms with E-state index in [0.717, 1.165) is 43.9 Å². The summed E-state index contributed by atoms with van der Waals surface area (Å²) in [4.78, 5) is 20.2. The van der Waals surface area contributed by atoms with Crippen molar-refractivity contribution in [3.63, 3.8) is 0 Å². The number of nitrogens with zero attached hydrogens (tertiary/aromatic N) is 3. The van der Waals surface area contributed by atoms with E-state index < -0.39 is 5.97 Å². The molecule has 2 rings (SSSR count). The van der Waals surface area contributed by atoms with Gasteiger partial charge in [-0.1, -0.05) is 6.92 Å². The molecule has 2 heterocycles. The summed E-state index contributed by atoms with van der Waals surface area (Å²) in [6, 6.07) is 3.97. The number of carbonyl (C=O) groups is 1. The van der Waals surface area contributed by atoms with Crippen LogP contribution >= 0.6 is 0 Å². The Morgan fingerprint density at radius 2 is 2.05 bits per heavy atom. The summed E-state index contributed by atoms with van der Waals surface area (Å²) in [6.45, 7) is 3.86. The number of rotatable bonds is 4. The maximum atomic E-state index is 11.2. The first-order valence-corrected chi connectivity index (χ1v) is 7.17. The maximum Gasteiger partial charge on any atom is 0.335 e. The number of anilines is 1. The van der Waals surface area contributed by atoms with Gasteiger partial charge in [-0.05, 0) is 45.5 Å². The molecule has 0 radical (unpaired) electrons. The highest BCUT2D eigenvalue weighted by Crippen LogP contribution is 2.22. The Kier molecular flexibility index (Phi) is 4.60. The zero-order valence-electron chi connectivity index (χ0n) is 12.5. The molecule has 110 valence electrons. The van der Waals surface area contributed by atoms with Crippen LogP contribution in [0.1, 0.15) is 35.8 Å². The van der Waals surface area contributed by atoms with Crippen molar-refractivity contribution in [3.05, 3.63) is 23.4 Å². The number of pyridine rings is 1. The van der Waals surface area contributed by atoms with E-state index in [4.69, 9.17) is 0 Å². The van der Waals surface area contributed by atoms with E-state index in [2.05, 4.69) is 28.9 Å². The molecule has 0 saturated carbocycles. The third kappa shape index (κ3) is 3.28. The maximum absolute atomic E-state index is 11.2. The van der Waals surface area contributed by atoms with E-state index in [-0.39, 0.29) is 0 Å². The molecule has 1 aromatic rings. The van der Waals surface area contributed by atoms with Crippen molar-refractivity contribution in [2.45, 2.75) is 32.2 Å². The second-order valence-electron chi connectivity index (χ2n) is 5.55. The lowest BCUT2D eigenvalue weighted by atomic mass is 10.0. The molecule has 1 aromatic heterocycles. The molecule has 0 atom stereocenters. The fourth-order valence-corrected chi connectivity index (χ4v) is 2.65. The lowest BCUT2D eigenvalue weighted by molar-refractivity contribution is 0.0696. The normalized spacial score (nSPS) is 16.7. The van der Waals surface area contributed by atoms with E-state index in [1.165, 1.54) is 0 Å². The number of aromatic nitrogens is 1. The summed E-state index contributed by atoms with van der Waals surface area (Å²) >= 11 is 0. The highest BCUT2D eigenvalue weighted by molar-refractivity contribution is 5.88. The number of aromatic carboxylic acids is 1. The van der Waals surface area contributed by atoms with Crippen LogP contribution in [0.5, 0.6) is 0 Å². The first kappa shape index (κ1) is 14.8. The van der Waals surface area contributed by atoms with E-state index in [9.17, 15) is 9.90 Å². The van der Waals surface area contributed by atoms with Crippen LogP contribution in [0.25, 0.3) is 0 Å². The lowest BCUT2D eigenvalue weighted by Crippen LogP contribution is -2.42. The molecule has 0 aromatic carbocycles. The van der Waals surface area contributed by atoms with Crippen molar-refractivity contribution in [2.75, 3.05) is 32.1 Å². The molecule has 1 fully saturated rings. The monoisotopic (exact) mass is 277 g/mol. The molecule has 0 bridgehead atoms. The summed E-state index contributed by atoms with van der Waals surface area (Å²) < 4.78 is 0. The summed E-state index contributed by atoms with van der Waals surface area (Å²) in [5.74, 6) is -0.0783. The molecular weight excluding hydrogens is 254 g/mol. The molecule has 1 aliphatic rings. The predicted molar refractivity (Wildman–Crippen MR) is 79.5 cm³/mol. The number of carboxylic acids is 1. The highest BCUT2D eigenvalue weighted by Gasteiger charge is 2.22. The minimum Gasteiger partial charge on any atom is -0.478 e. The van der Waals surface area contributed by atoms with Crippen LogP contribution in [-0.4, -0.2) is 54.2 Å². The van der Waals surface area contributed by atoms with Gasteiger partial charge in [0.2, 0.25) is 0 Å². The van der Waals surface area contributed by atoms with Crippen LogP contribution in [0, 0.1) is 0 Å². The average molecular weight is 277 g/mol. The topological polar surface area (TPSA) is 56.7 Å². The smallest absolute Gasteiger partial charge is 0.335 e. The Morgan fingerprint density at radius 1 is 1.40 bits per heavy atom. The second-order valence-corrected chi connectivity index (χ2v) is 5.55. The molecular formula is C15H23N3O2. The summed E-state index contributed by atoms with van der Waals surface area (Å²) in [5, 5.41) is 9.19. The number of piperidine rings is 1. The third-order valence-electron chi connectivity index (χ3n) is 3.99. The standard InChI is InChI=1S/C15H23N3O2/c1-4-12-9-11(15(19)20)10-14(16-12)18-7-5-13(6-8-18)17(2)3/h9-10,13H,4-8H2,1-3H3,(H,19,20). The molecule has 1 saturated heterocycles. The van der Waals surface area contributed by atoms with Gasteiger partial charge in [0.05, 0.1) is 5.56 Å². The first-order valence-electron chi connectivity index (χ1n) is 7.17. The van der Waals surface area contributed by atoms with Gasteiger partial charge in [0.15, 0.2) is 0 Å². The van der Waals surface area contributed by atoms with Crippen molar-refractivity contribution < 1.29 is 9.90 Å². The Labute approximate surface area is 120 Å². The fourth-order valence-electron chi connectivity index (χ4n) is 2.65. The zero-order valence-corrected chi connectivity index (χ0v) is 12.5. The van der Waals surface area contributed by atoms with Gasteiger partial charge >= 0.3 is 5.97 Å². The van der Waals surface area contributed by atoms with Crippen LogP contribution in [0.15, 0.2) is 12.1 Å². The van der Waals surface area contributed by atoms with Gasteiger partial charge < -0.3 is 14.9 Å². The van der Waals surface area contributed by atoms with Gasteiger partial charge in [0.1, 0.15) is 5.82 Å². The Hall–Kier alpha value is -1.62. The van der Waals surface area contributed by atoms with Gasteiger partial charge in [-0.2, -0.15) is 0 Å². The van der Waals surface area contributed by atoms with E-state index in [0.29, 0.717) is 11.6 Å². The molecule has 0 amide bonds. The second kappa shape index (κ2) is 6.22. The van der Waals surface area contributed by atoms with Crippen molar-refractivity contribution in [2.24, 2.45) is 0 Å². The number of hydrogen-bond donors (Lipinski definition) is 1. The predicted octanol–water partition coefficient (Wildman–Crippen LogP) is 1.87. The summed E-state index contributed by atoms with van der Waals surface area (Å²) in [6.07, 6.45) is 2.93. The third-order valence-corrected chi connectivity index (χ3v) is 3.99. The van der Waals surface area contributed by atoms with Crippen molar-refractivity contribution >= 4 is 11.8 Å². The van der Waals surface area contributed by atoms with E-state index in [1.807, 2.05) is 6.92 Å². The molecule has 0 spiro atoms. The van der Waals surface area contributed by atoms with E-state index >= 15 is 0 Å². The van der Waals surface area contributed by atoms with Crippen molar-refractivity contribution in [3.8, 4) is 0 Å². The van der Waals surface area contributed by atoms with Crippen molar-refractivity contribution in [1.29, 1.82) is 0 Å². The number of hydrogen-bond acceptors (Lipinski definition) is 4. The lowest BCUT2D eigenvalue weighted by Gasteiger charge is -2.36. The zero-order chi connectivity index (χ0) is 14.7. The molecule has 0 aliphatic carbocycles. The minimum absolute atomic E-state index is 0.335. The molecule has 20 heavy (non-hydrogen) atoms. The van der Waals surface area contributed by atoms with Gasteiger partial charge in [0.25, 0.3) is 0 Å². The first-order chi connectivity index (χ1) is 9.51. The Balaban J connectivity index is 2.17. The van der Waals surface area contributed by atoms with Crippen LogP contribution in [0.2, 0.25) is 0 Å². The summed E-state index contributed by atoms with van der Waals surface area (Å²) in [7, 11) is 4.22. The van der Waals surface area contributed by atoms with Gasteiger partial charge in [-0.25, -0.2) is 9.78 Å². The molecule has 1 N–H and O–H groups in total. The van der Waals surface area contributed by atoms with Crippen LogP contribution < -0.4 is 4.90 Å². The van der Waals surface area contributed by atoms with E-state index in [1.54, 1.807) is 12.1 Å². The van der Waals surface area contributed by atoms with Gasteiger partial charge in [-0.3, -0.25) is 0 Å². The van der Waals surface area contributed by atoms with Gasteiger partial charge in [-0.15, -0.1) is 0 Å². The average Bonchev–Trinajstić information content (AvgIpc) is 2.46. The number of carboxylic acid groups (broad SMARTS) is 1. The number of aryl methyl sites for hydroxylation is 1. The fraction of sp³-hybridized carbons (Fsp3) is 0.600. The largest absolute Gasteiger partial charge is 0.478 e. The Morgan fingerprint density at radius 3 is 2.55 bits per heavy atom. The molecule has 5 nitrogen and oxygen atoms in total. The quantitative estimate of drug-likeness (QED) is 0.910. The van der Waals surface area contributed by atoms with Gasteiger partial charge in [0, 0.05) is 24.8 Å². The molecule has 5 heteroatoms.